The number of carbonyl (C=O) groups is 2. The number of anilines is 1. The van der Waals surface area contributed by atoms with Gasteiger partial charge in [0, 0.05) is 23.8 Å². The first-order valence-electron chi connectivity index (χ1n) is 13.0. The first-order chi connectivity index (χ1) is 20.1. The number of carbonyl (C=O) groups excluding carboxylic acids is 2. The average Bonchev–Trinajstić information content (AvgIpc) is 2.99. The Hall–Kier alpha value is -4.41. The third-order valence-electron chi connectivity index (χ3n) is 6.34. The molecule has 0 aliphatic rings. The van der Waals surface area contributed by atoms with Gasteiger partial charge in [-0.25, -0.2) is 12.8 Å². The molecule has 0 saturated carbocycles. The van der Waals surface area contributed by atoms with E-state index in [4.69, 9.17) is 16.3 Å². The number of benzene rings is 4. The highest BCUT2D eigenvalue weighted by Gasteiger charge is 2.26. The lowest BCUT2D eigenvalue weighted by Crippen LogP contribution is -2.48. The van der Waals surface area contributed by atoms with Crippen LogP contribution in [0.15, 0.2) is 108 Å². The molecule has 8 nitrogen and oxygen atoms in total. The Morgan fingerprint density at radius 1 is 0.881 bits per heavy atom. The Labute approximate surface area is 249 Å². The zero-order chi connectivity index (χ0) is 30.1. The molecule has 0 heterocycles. The molecule has 0 spiro atoms. The van der Waals surface area contributed by atoms with Crippen LogP contribution in [0.1, 0.15) is 18.1 Å². The SMILES string of the molecule is C[C@@H](C(=O)NCc1ccc(Cl)cc1)N(Cc1ccccc1)C(=O)COc1ccc(S(=O)(=O)Nc2ccc(F)cc2)cc1. The number of ether oxygens (including phenoxy) is 1. The van der Waals surface area contributed by atoms with Gasteiger partial charge < -0.3 is 15.0 Å². The molecule has 4 aromatic carbocycles. The Bertz CT molecular complexity index is 1600. The summed E-state index contributed by atoms with van der Waals surface area (Å²) in [7, 11) is -3.92. The zero-order valence-electron chi connectivity index (χ0n) is 22.7. The summed E-state index contributed by atoms with van der Waals surface area (Å²) < 4.78 is 46.5. The molecule has 42 heavy (non-hydrogen) atoms. The first kappa shape index (κ1) is 30.5. The van der Waals surface area contributed by atoms with Crippen LogP contribution in [-0.2, 0) is 32.7 Å². The van der Waals surface area contributed by atoms with Crippen LogP contribution in [0.4, 0.5) is 10.1 Å². The van der Waals surface area contributed by atoms with Crippen molar-refractivity contribution < 1.29 is 27.1 Å². The summed E-state index contributed by atoms with van der Waals surface area (Å²) in [6, 6.07) is 26.0. The third kappa shape index (κ3) is 8.55. The minimum Gasteiger partial charge on any atom is -0.484 e. The summed E-state index contributed by atoms with van der Waals surface area (Å²) in [6.45, 7) is 1.73. The van der Waals surface area contributed by atoms with E-state index < -0.39 is 27.8 Å². The number of hydrogen-bond acceptors (Lipinski definition) is 5. The minimum atomic E-state index is -3.92. The van der Waals surface area contributed by atoms with Crippen molar-refractivity contribution >= 4 is 39.1 Å². The molecular weight excluding hydrogens is 581 g/mol. The molecule has 0 unspecified atom stereocenters. The van der Waals surface area contributed by atoms with E-state index in [-0.39, 0.29) is 41.9 Å². The lowest BCUT2D eigenvalue weighted by molar-refractivity contribution is -0.142. The molecule has 2 N–H and O–H groups in total. The van der Waals surface area contributed by atoms with Crippen LogP contribution in [0.25, 0.3) is 0 Å². The number of rotatable bonds is 12. The van der Waals surface area contributed by atoms with Crippen LogP contribution in [-0.4, -0.2) is 37.8 Å². The monoisotopic (exact) mass is 609 g/mol. The quantitative estimate of drug-likeness (QED) is 0.224. The van der Waals surface area contributed by atoms with E-state index in [1.54, 1.807) is 19.1 Å². The van der Waals surface area contributed by atoms with E-state index in [1.165, 1.54) is 41.3 Å². The summed E-state index contributed by atoms with van der Waals surface area (Å²) in [4.78, 5) is 27.7. The van der Waals surface area contributed by atoms with Gasteiger partial charge in [0.25, 0.3) is 15.9 Å². The second-order valence-electron chi connectivity index (χ2n) is 9.40. The van der Waals surface area contributed by atoms with Gasteiger partial charge in [0.2, 0.25) is 5.91 Å². The topological polar surface area (TPSA) is 105 Å². The van der Waals surface area contributed by atoms with Crippen molar-refractivity contribution in [2.24, 2.45) is 0 Å². The number of nitrogens with zero attached hydrogens (tertiary/aromatic N) is 1. The molecule has 2 amide bonds. The molecule has 0 aliphatic heterocycles. The maximum atomic E-state index is 13.3. The van der Waals surface area contributed by atoms with Crippen molar-refractivity contribution in [1.82, 2.24) is 10.2 Å². The molecule has 4 aromatic rings. The molecule has 4 rings (SSSR count). The fourth-order valence-corrected chi connectivity index (χ4v) is 5.16. The summed E-state index contributed by atoms with van der Waals surface area (Å²) >= 11 is 5.93. The van der Waals surface area contributed by atoms with Gasteiger partial charge in [0.15, 0.2) is 6.61 Å². The van der Waals surface area contributed by atoms with Gasteiger partial charge >= 0.3 is 0 Å². The molecule has 0 saturated heterocycles. The smallest absolute Gasteiger partial charge is 0.261 e. The lowest BCUT2D eigenvalue weighted by atomic mass is 10.1. The van der Waals surface area contributed by atoms with Crippen LogP contribution in [0.5, 0.6) is 5.75 Å². The largest absolute Gasteiger partial charge is 0.484 e. The fraction of sp³-hybridized carbons (Fsp3) is 0.161. The minimum absolute atomic E-state index is 0.0396. The Morgan fingerprint density at radius 2 is 1.52 bits per heavy atom. The summed E-state index contributed by atoms with van der Waals surface area (Å²) in [5, 5.41) is 3.45. The molecule has 0 fully saturated rings. The van der Waals surface area contributed by atoms with E-state index >= 15 is 0 Å². The predicted molar refractivity (Wildman–Crippen MR) is 159 cm³/mol. The van der Waals surface area contributed by atoms with Crippen LogP contribution in [0.2, 0.25) is 5.02 Å². The molecule has 1 atom stereocenters. The standard InChI is InChI=1S/C31H29ClFN3O5S/c1-22(31(38)34-19-23-7-9-25(32)10-8-23)36(20-24-5-3-2-4-6-24)30(37)21-41-28-15-17-29(18-16-28)42(39,40)35-27-13-11-26(33)12-14-27/h2-18,22,35H,19-21H2,1H3,(H,34,38)/t22-/m0/s1. The van der Waals surface area contributed by atoms with Crippen molar-refractivity contribution in [2.75, 3.05) is 11.3 Å². The van der Waals surface area contributed by atoms with Crippen molar-refractivity contribution in [3.63, 3.8) is 0 Å². The summed E-state index contributed by atoms with van der Waals surface area (Å²) in [5.41, 5.74) is 1.92. The van der Waals surface area contributed by atoms with Crippen molar-refractivity contribution in [1.29, 1.82) is 0 Å². The predicted octanol–water partition coefficient (Wildman–Crippen LogP) is 5.39. The number of sulfonamides is 1. The van der Waals surface area contributed by atoms with Crippen LogP contribution >= 0.6 is 11.6 Å². The summed E-state index contributed by atoms with van der Waals surface area (Å²) in [5.74, 6) is -0.979. The van der Waals surface area contributed by atoms with E-state index in [0.29, 0.717) is 5.02 Å². The van der Waals surface area contributed by atoms with E-state index in [1.807, 2.05) is 42.5 Å². The maximum absolute atomic E-state index is 13.3. The Balaban J connectivity index is 1.40. The lowest BCUT2D eigenvalue weighted by Gasteiger charge is -2.28. The van der Waals surface area contributed by atoms with Gasteiger partial charge in [-0.15, -0.1) is 0 Å². The van der Waals surface area contributed by atoms with E-state index in [9.17, 15) is 22.4 Å². The molecule has 0 radical (unpaired) electrons. The normalized spacial score (nSPS) is 11.8. The van der Waals surface area contributed by atoms with Gasteiger partial charge in [-0.1, -0.05) is 54.1 Å². The van der Waals surface area contributed by atoms with Crippen LogP contribution in [0.3, 0.4) is 0 Å². The van der Waals surface area contributed by atoms with E-state index in [0.717, 1.165) is 23.3 Å². The molecule has 0 aliphatic carbocycles. The molecule has 0 aromatic heterocycles. The second kappa shape index (κ2) is 14.0. The third-order valence-corrected chi connectivity index (χ3v) is 7.98. The van der Waals surface area contributed by atoms with Crippen molar-refractivity contribution in [3.8, 4) is 5.75 Å². The van der Waals surface area contributed by atoms with Gasteiger partial charge in [-0.3, -0.25) is 14.3 Å². The maximum Gasteiger partial charge on any atom is 0.261 e. The summed E-state index contributed by atoms with van der Waals surface area (Å²) in [6.07, 6.45) is 0. The number of hydrogen-bond donors (Lipinski definition) is 2. The van der Waals surface area contributed by atoms with Crippen molar-refractivity contribution in [3.05, 3.63) is 125 Å². The van der Waals surface area contributed by atoms with Gasteiger partial charge in [-0.2, -0.15) is 0 Å². The highest BCUT2D eigenvalue weighted by atomic mass is 35.5. The van der Waals surface area contributed by atoms with Gasteiger partial charge in [0.1, 0.15) is 17.6 Å². The fourth-order valence-electron chi connectivity index (χ4n) is 3.98. The van der Waals surface area contributed by atoms with Crippen molar-refractivity contribution in [2.45, 2.75) is 31.0 Å². The molecular formula is C31H29ClFN3O5S. The molecule has 11 heteroatoms. The number of halogens is 2. The first-order valence-corrected chi connectivity index (χ1v) is 14.8. The van der Waals surface area contributed by atoms with Crippen LogP contribution < -0.4 is 14.8 Å². The average molecular weight is 610 g/mol. The highest BCUT2D eigenvalue weighted by molar-refractivity contribution is 7.92. The van der Waals surface area contributed by atoms with E-state index in [2.05, 4.69) is 10.0 Å². The molecule has 0 bridgehead atoms. The number of nitrogens with one attached hydrogen (secondary N) is 2. The molecule has 218 valence electrons. The number of amides is 2. The highest BCUT2D eigenvalue weighted by Crippen LogP contribution is 2.20. The second-order valence-corrected chi connectivity index (χ2v) is 11.5. The zero-order valence-corrected chi connectivity index (χ0v) is 24.2. The van der Waals surface area contributed by atoms with Crippen LogP contribution in [0, 0.1) is 5.82 Å². The Morgan fingerprint density at radius 3 is 2.17 bits per heavy atom. The van der Waals surface area contributed by atoms with Gasteiger partial charge in [0.05, 0.1) is 4.90 Å². The Kier molecular flexibility index (Phi) is 10.2. The van der Waals surface area contributed by atoms with Gasteiger partial charge in [-0.05, 0) is 78.7 Å².